The molecule has 19 heavy (non-hydrogen) atoms. The summed E-state index contributed by atoms with van der Waals surface area (Å²) in [6, 6.07) is 8.36. The molecule has 0 saturated heterocycles. The Balaban J connectivity index is 1.60. The third-order valence-electron chi connectivity index (χ3n) is 4.30. The molecule has 0 amide bonds. The maximum absolute atomic E-state index is 10.5. The molecule has 2 aliphatic rings. The predicted octanol–water partition coefficient (Wildman–Crippen LogP) is 0.752. The number of fused-ring (bicyclic) bond motifs is 2. The smallest absolute Gasteiger partial charge is 0.147 e. The van der Waals surface area contributed by atoms with E-state index in [2.05, 4.69) is 25.7 Å². The number of nitrogens with zero attached hydrogens (tertiary/aromatic N) is 4. The van der Waals surface area contributed by atoms with Gasteiger partial charge in [-0.25, -0.2) is 0 Å². The zero-order valence-corrected chi connectivity index (χ0v) is 10.6. The Hall–Kier alpha value is -1.72. The molecule has 0 spiro atoms. The minimum absolute atomic E-state index is 0.169. The molecule has 1 N–H and O–H groups in total. The lowest BCUT2D eigenvalue weighted by Gasteiger charge is -2.33. The van der Waals surface area contributed by atoms with Gasteiger partial charge in [0.1, 0.15) is 12.2 Å². The van der Waals surface area contributed by atoms with Crippen molar-refractivity contribution in [2.75, 3.05) is 6.54 Å². The lowest BCUT2D eigenvalue weighted by atomic mass is 10.1. The zero-order chi connectivity index (χ0) is 12.8. The van der Waals surface area contributed by atoms with Crippen LogP contribution in [0.2, 0.25) is 0 Å². The van der Waals surface area contributed by atoms with Gasteiger partial charge in [0.15, 0.2) is 0 Å². The van der Waals surface area contributed by atoms with Crippen LogP contribution in [0.25, 0.3) is 0 Å². The van der Waals surface area contributed by atoms with Crippen LogP contribution in [0.15, 0.2) is 30.6 Å². The molecule has 5 heteroatoms. The summed E-state index contributed by atoms with van der Waals surface area (Å²) in [7, 11) is 0. The number of aliphatic hydroxyl groups excluding tert-OH is 1. The lowest BCUT2D eigenvalue weighted by Crippen LogP contribution is -2.43. The van der Waals surface area contributed by atoms with Crippen LogP contribution in [0.3, 0.4) is 0 Å². The summed E-state index contributed by atoms with van der Waals surface area (Å²) in [5, 5.41) is 18.6. The van der Waals surface area contributed by atoms with Crippen LogP contribution in [0.1, 0.15) is 23.1 Å². The van der Waals surface area contributed by atoms with Gasteiger partial charge in [0.25, 0.3) is 0 Å². The van der Waals surface area contributed by atoms with Crippen LogP contribution < -0.4 is 0 Å². The van der Waals surface area contributed by atoms with E-state index in [0.29, 0.717) is 0 Å². The quantitative estimate of drug-likeness (QED) is 0.818. The van der Waals surface area contributed by atoms with Crippen molar-refractivity contribution in [3.05, 3.63) is 47.5 Å². The summed E-state index contributed by atoms with van der Waals surface area (Å²) < 4.78 is 2.09. The third kappa shape index (κ3) is 1.69. The lowest BCUT2D eigenvalue weighted by molar-refractivity contribution is 0.0437. The summed E-state index contributed by atoms with van der Waals surface area (Å²) in [6.45, 7) is 2.62. The molecule has 0 radical (unpaired) electrons. The minimum Gasteiger partial charge on any atom is -0.387 e. The first-order chi connectivity index (χ1) is 9.33. The van der Waals surface area contributed by atoms with E-state index in [4.69, 9.17) is 0 Å². The molecule has 98 valence electrons. The van der Waals surface area contributed by atoms with Gasteiger partial charge < -0.3 is 9.67 Å². The molecule has 1 aromatic carbocycles. The zero-order valence-electron chi connectivity index (χ0n) is 10.6. The molecule has 0 fully saturated rings. The number of benzene rings is 1. The summed E-state index contributed by atoms with van der Waals surface area (Å²) in [5.74, 6) is 0.995. The Kier molecular flexibility index (Phi) is 2.43. The maximum Gasteiger partial charge on any atom is 0.147 e. The average molecular weight is 256 g/mol. The van der Waals surface area contributed by atoms with Crippen molar-refractivity contribution in [1.29, 1.82) is 0 Å². The SMILES string of the molecule is OC1c2ccccc2CC1N1CCn2cnnc2C1. The van der Waals surface area contributed by atoms with Crippen molar-refractivity contribution in [3.8, 4) is 0 Å². The number of hydrogen-bond acceptors (Lipinski definition) is 4. The van der Waals surface area contributed by atoms with E-state index < -0.39 is 0 Å². The van der Waals surface area contributed by atoms with Gasteiger partial charge in [-0.15, -0.1) is 10.2 Å². The largest absolute Gasteiger partial charge is 0.387 e. The van der Waals surface area contributed by atoms with E-state index in [1.54, 1.807) is 6.33 Å². The second-order valence-corrected chi connectivity index (χ2v) is 5.33. The van der Waals surface area contributed by atoms with Crippen molar-refractivity contribution < 1.29 is 5.11 Å². The highest BCUT2D eigenvalue weighted by atomic mass is 16.3. The van der Waals surface area contributed by atoms with Crippen LogP contribution >= 0.6 is 0 Å². The molecule has 2 aromatic rings. The van der Waals surface area contributed by atoms with Crippen LogP contribution in [0, 0.1) is 0 Å². The van der Waals surface area contributed by atoms with E-state index in [-0.39, 0.29) is 12.1 Å². The monoisotopic (exact) mass is 256 g/mol. The Morgan fingerprint density at radius 1 is 1.21 bits per heavy atom. The fraction of sp³-hybridized carbons (Fsp3) is 0.429. The summed E-state index contributed by atoms with van der Waals surface area (Å²) in [4.78, 5) is 2.33. The summed E-state index contributed by atoms with van der Waals surface area (Å²) in [5.41, 5.74) is 2.35. The fourth-order valence-corrected chi connectivity index (χ4v) is 3.25. The first-order valence-electron chi connectivity index (χ1n) is 6.69. The Morgan fingerprint density at radius 2 is 2.11 bits per heavy atom. The van der Waals surface area contributed by atoms with Gasteiger partial charge in [-0.1, -0.05) is 24.3 Å². The van der Waals surface area contributed by atoms with Gasteiger partial charge in [0.2, 0.25) is 0 Å². The predicted molar refractivity (Wildman–Crippen MR) is 69.3 cm³/mol. The molecule has 2 heterocycles. The van der Waals surface area contributed by atoms with Crippen molar-refractivity contribution in [1.82, 2.24) is 19.7 Å². The van der Waals surface area contributed by atoms with E-state index in [1.165, 1.54) is 5.56 Å². The number of aromatic nitrogens is 3. The second kappa shape index (κ2) is 4.15. The van der Waals surface area contributed by atoms with Crippen molar-refractivity contribution in [2.24, 2.45) is 0 Å². The van der Waals surface area contributed by atoms with Crippen molar-refractivity contribution in [2.45, 2.75) is 31.7 Å². The van der Waals surface area contributed by atoms with Gasteiger partial charge in [0, 0.05) is 19.1 Å². The molecule has 0 saturated carbocycles. The molecule has 5 nitrogen and oxygen atoms in total. The highest BCUT2D eigenvalue weighted by Gasteiger charge is 2.36. The van der Waals surface area contributed by atoms with Gasteiger partial charge >= 0.3 is 0 Å². The highest BCUT2D eigenvalue weighted by molar-refractivity contribution is 5.36. The standard InChI is InChI=1S/C14H16N4O/c19-14-11-4-2-1-3-10(11)7-12(14)17-5-6-18-9-15-16-13(18)8-17/h1-4,9,12,14,19H,5-8H2. The molecule has 1 aliphatic heterocycles. The second-order valence-electron chi connectivity index (χ2n) is 5.33. The van der Waals surface area contributed by atoms with Gasteiger partial charge in [0.05, 0.1) is 12.6 Å². The molecule has 1 aromatic heterocycles. The fourth-order valence-electron chi connectivity index (χ4n) is 3.25. The van der Waals surface area contributed by atoms with Crippen LogP contribution in [0.4, 0.5) is 0 Å². The van der Waals surface area contributed by atoms with Crippen LogP contribution in [-0.4, -0.2) is 37.4 Å². The van der Waals surface area contributed by atoms with Gasteiger partial charge in [-0.2, -0.15) is 0 Å². The summed E-state index contributed by atoms with van der Waals surface area (Å²) >= 11 is 0. The third-order valence-corrected chi connectivity index (χ3v) is 4.30. The van der Waals surface area contributed by atoms with E-state index >= 15 is 0 Å². The first-order valence-corrected chi connectivity index (χ1v) is 6.69. The van der Waals surface area contributed by atoms with Crippen molar-refractivity contribution in [3.63, 3.8) is 0 Å². The van der Waals surface area contributed by atoms with E-state index in [9.17, 15) is 5.11 Å². The normalized spacial score (nSPS) is 26.2. The Morgan fingerprint density at radius 3 is 3.00 bits per heavy atom. The van der Waals surface area contributed by atoms with Gasteiger partial charge in [-0.3, -0.25) is 4.90 Å². The molecule has 2 unspecified atom stereocenters. The molecular formula is C14H16N4O. The summed E-state index contributed by atoms with van der Waals surface area (Å²) in [6.07, 6.45) is 2.32. The van der Waals surface area contributed by atoms with Gasteiger partial charge in [-0.05, 0) is 17.5 Å². The number of rotatable bonds is 1. The van der Waals surface area contributed by atoms with Crippen LogP contribution in [0.5, 0.6) is 0 Å². The Bertz CT molecular complexity index is 609. The highest BCUT2D eigenvalue weighted by Crippen LogP contribution is 2.35. The average Bonchev–Trinajstić information content (AvgIpc) is 3.03. The van der Waals surface area contributed by atoms with E-state index in [1.807, 2.05) is 18.2 Å². The minimum atomic E-state index is -0.384. The number of hydrogen-bond donors (Lipinski definition) is 1. The van der Waals surface area contributed by atoms with E-state index in [0.717, 1.165) is 37.4 Å². The maximum atomic E-state index is 10.5. The molecule has 4 rings (SSSR count). The topological polar surface area (TPSA) is 54.2 Å². The molecule has 2 atom stereocenters. The number of aliphatic hydroxyl groups is 1. The molecule has 0 bridgehead atoms. The Labute approximate surface area is 111 Å². The first kappa shape index (κ1) is 11.1. The van der Waals surface area contributed by atoms with Crippen molar-refractivity contribution >= 4 is 0 Å². The van der Waals surface area contributed by atoms with Crippen LogP contribution in [-0.2, 0) is 19.5 Å². The molecule has 1 aliphatic carbocycles. The molecular weight excluding hydrogens is 240 g/mol.